The van der Waals surface area contributed by atoms with Gasteiger partial charge >= 0.3 is 12.4 Å². The van der Waals surface area contributed by atoms with E-state index < -0.39 is 52.8 Å². The van der Waals surface area contributed by atoms with E-state index in [4.69, 9.17) is 11.6 Å². The number of nitrogens with zero attached hydrogens (tertiary/aromatic N) is 3. The van der Waals surface area contributed by atoms with Gasteiger partial charge in [0.2, 0.25) is 5.91 Å². The number of aromatic nitrogens is 2. The zero-order chi connectivity index (χ0) is 31.5. The molecule has 42 heavy (non-hydrogen) atoms. The first-order valence-electron chi connectivity index (χ1n) is 13.2. The summed E-state index contributed by atoms with van der Waals surface area (Å²) >= 11 is 6.36. The average molecular weight is 617 g/mol. The zero-order valence-corrected chi connectivity index (χ0v) is 24.2. The van der Waals surface area contributed by atoms with Gasteiger partial charge < -0.3 is 10.2 Å². The molecule has 2 amide bonds. The van der Waals surface area contributed by atoms with E-state index in [1.54, 1.807) is 30.3 Å². The molecule has 0 bridgehead atoms. The third-order valence-electron chi connectivity index (χ3n) is 6.31. The smallest absolute Gasteiger partial charge is 0.329 e. The Kier molecular flexibility index (Phi) is 10.0. The van der Waals surface area contributed by atoms with Crippen molar-refractivity contribution in [3.8, 4) is 5.69 Å². The number of amides is 2. The Morgan fingerprint density at radius 3 is 2.05 bits per heavy atom. The molecule has 0 spiro atoms. The van der Waals surface area contributed by atoms with Crippen molar-refractivity contribution in [2.75, 3.05) is 18.4 Å². The number of carbonyl (C=O) groups excluding carboxylic acids is 2. The van der Waals surface area contributed by atoms with Crippen molar-refractivity contribution in [2.24, 2.45) is 0 Å². The van der Waals surface area contributed by atoms with Gasteiger partial charge in [-0.25, -0.2) is 4.68 Å². The SMILES string of the molecule is CCCCCN(CC(=O)Nc1cc(C(C)(C)C)nn1-c1ccccc1Cl)C(=O)c1cc(C(F)(F)F)cc(C(F)(F)F)c1. The largest absolute Gasteiger partial charge is 0.416 e. The monoisotopic (exact) mass is 616 g/mol. The van der Waals surface area contributed by atoms with Crippen LogP contribution in [0, 0.1) is 0 Å². The fourth-order valence-corrected chi connectivity index (χ4v) is 4.28. The third kappa shape index (κ3) is 8.27. The quantitative estimate of drug-likeness (QED) is 0.195. The lowest BCUT2D eigenvalue weighted by molar-refractivity contribution is -0.143. The highest BCUT2D eigenvalue weighted by Gasteiger charge is 2.38. The molecule has 1 heterocycles. The van der Waals surface area contributed by atoms with Crippen LogP contribution < -0.4 is 5.32 Å². The van der Waals surface area contributed by atoms with Crippen LogP contribution in [0.3, 0.4) is 0 Å². The standard InChI is InChI=1S/C29H31ClF6N4O2/c1-5-6-9-12-39(26(42)18-13-19(28(31,32)33)15-20(14-18)29(34,35)36)17-25(41)37-24-16-23(27(2,3)4)38-40(24)22-11-8-7-10-21(22)30/h7-8,10-11,13-16H,5-6,9,12,17H2,1-4H3,(H,37,41). The highest BCUT2D eigenvalue weighted by molar-refractivity contribution is 6.32. The molecule has 0 atom stereocenters. The molecule has 0 aliphatic carbocycles. The second-order valence-corrected chi connectivity index (χ2v) is 11.2. The van der Waals surface area contributed by atoms with Crippen molar-refractivity contribution in [2.45, 2.75) is 64.7 Å². The number of alkyl halides is 6. The summed E-state index contributed by atoms with van der Waals surface area (Å²) in [4.78, 5) is 27.5. The Bertz CT molecular complexity index is 1390. The number of unbranched alkanes of at least 4 members (excludes halogenated alkanes) is 2. The van der Waals surface area contributed by atoms with Gasteiger partial charge in [-0.2, -0.15) is 31.4 Å². The van der Waals surface area contributed by atoms with Crippen LogP contribution in [0.1, 0.15) is 74.1 Å². The Morgan fingerprint density at radius 1 is 0.929 bits per heavy atom. The molecular weight excluding hydrogens is 586 g/mol. The fourth-order valence-electron chi connectivity index (χ4n) is 4.07. The highest BCUT2D eigenvalue weighted by atomic mass is 35.5. The van der Waals surface area contributed by atoms with Crippen LogP contribution in [0.15, 0.2) is 48.5 Å². The summed E-state index contributed by atoms with van der Waals surface area (Å²) in [5.41, 5.74) is -3.40. The molecule has 2 aromatic carbocycles. The molecule has 3 rings (SSSR count). The Morgan fingerprint density at radius 2 is 1.52 bits per heavy atom. The molecule has 3 aromatic rings. The van der Waals surface area contributed by atoms with E-state index >= 15 is 0 Å². The van der Waals surface area contributed by atoms with Crippen LogP contribution in [0.4, 0.5) is 32.2 Å². The fraction of sp³-hybridized carbons (Fsp3) is 0.414. The molecule has 0 saturated heterocycles. The predicted molar refractivity (Wildman–Crippen MR) is 148 cm³/mol. The van der Waals surface area contributed by atoms with Crippen LogP contribution >= 0.6 is 11.6 Å². The first kappa shape index (κ1) is 33.0. The van der Waals surface area contributed by atoms with Crippen molar-refractivity contribution < 1.29 is 35.9 Å². The molecule has 0 fully saturated rings. The van der Waals surface area contributed by atoms with E-state index in [1.807, 2.05) is 27.7 Å². The summed E-state index contributed by atoms with van der Waals surface area (Å²) in [6.45, 7) is 6.93. The number of nitrogens with one attached hydrogen (secondary N) is 1. The maximum atomic E-state index is 13.4. The summed E-state index contributed by atoms with van der Waals surface area (Å²) < 4.78 is 81.9. The van der Waals surface area contributed by atoms with E-state index in [-0.39, 0.29) is 18.4 Å². The molecule has 0 saturated carbocycles. The summed E-state index contributed by atoms with van der Waals surface area (Å²) in [6.07, 6.45) is -8.52. The Hall–Kier alpha value is -3.54. The van der Waals surface area contributed by atoms with E-state index in [1.165, 1.54) is 4.68 Å². The number of halogens is 7. The van der Waals surface area contributed by atoms with Crippen LogP contribution in [0.2, 0.25) is 5.02 Å². The molecule has 1 N–H and O–H groups in total. The van der Waals surface area contributed by atoms with Crippen LogP contribution in [-0.2, 0) is 22.6 Å². The Balaban J connectivity index is 1.97. The lowest BCUT2D eigenvalue weighted by atomic mass is 9.92. The first-order valence-corrected chi connectivity index (χ1v) is 13.5. The molecular formula is C29H31ClF6N4O2. The van der Waals surface area contributed by atoms with Crippen molar-refractivity contribution in [3.63, 3.8) is 0 Å². The van der Waals surface area contributed by atoms with Gasteiger partial charge in [-0.1, -0.05) is 64.3 Å². The maximum absolute atomic E-state index is 13.4. The lowest BCUT2D eigenvalue weighted by Crippen LogP contribution is -2.39. The first-order chi connectivity index (χ1) is 19.4. The van der Waals surface area contributed by atoms with E-state index in [9.17, 15) is 35.9 Å². The third-order valence-corrected chi connectivity index (χ3v) is 6.63. The van der Waals surface area contributed by atoms with Gasteiger partial charge in [0.05, 0.1) is 27.5 Å². The summed E-state index contributed by atoms with van der Waals surface area (Å²) in [6, 6.07) is 9.08. The van der Waals surface area contributed by atoms with Gasteiger partial charge in [-0.3, -0.25) is 9.59 Å². The van der Waals surface area contributed by atoms with Gasteiger partial charge in [0.15, 0.2) is 0 Å². The topological polar surface area (TPSA) is 67.2 Å². The van der Waals surface area contributed by atoms with E-state index in [2.05, 4.69) is 10.4 Å². The molecule has 13 heteroatoms. The van der Waals surface area contributed by atoms with Gasteiger partial charge in [0.25, 0.3) is 5.91 Å². The maximum Gasteiger partial charge on any atom is 0.416 e. The van der Waals surface area contributed by atoms with Crippen molar-refractivity contribution >= 4 is 29.2 Å². The van der Waals surface area contributed by atoms with E-state index in [0.717, 1.165) is 11.3 Å². The number of benzene rings is 2. The van der Waals surface area contributed by atoms with Crippen molar-refractivity contribution in [3.05, 3.63) is 75.9 Å². The Labute approximate surface area is 244 Å². The number of para-hydroxylation sites is 1. The van der Waals surface area contributed by atoms with Gasteiger partial charge in [0, 0.05) is 23.6 Å². The van der Waals surface area contributed by atoms with Crippen LogP contribution in [0.25, 0.3) is 5.69 Å². The van der Waals surface area contributed by atoms with Crippen molar-refractivity contribution in [1.29, 1.82) is 0 Å². The number of rotatable bonds is 9. The van der Waals surface area contributed by atoms with Crippen LogP contribution in [0.5, 0.6) is 0 Å². The molecule has 0 aliphatic heterocycles. The second-order valence-electron chi connectivity index (χ2n) is 10.8. The summed E-state index contributed by atoms with van der Waals surface area (Å²) in [5.74, 6) is -1.64. The van der Waals surface area contributed by atoms with Gasteiger partial charge in [-0.05, 0) is 36.8 Å². The van der Waals surface area contributed by atoms with Crippen LogP contribution in [-0.4, -0.2) is 39.6 Å². The summed E-state index contributed by atoms with van der Waals surface area (Å²) in [5, 5.41) is 7.60. The summed E-state index contributed by atoms with van der Waals surface area (Å²) in [7, 11) is 0. The lowest BCUT2D eigenvalue weighted by Gasteiger charge is -2.23. The second kappa shape index (κ2) is 12.8. The molecule has 0 radical (unpaired) electrons. The van der Waals surface area contributed by atoms with Gasteiger partial charge in [-0.15, -0.1) is 0 Å². The molecule has 228 valence electrons. The number of hydrogen-bond acceptors (Lipinski definition) is 3. The minimum Gasteiger partial charge on any atom is -0.329 e. The molecule has 0 unspecified atom stereocenters. The molecule has 1 aromatic heterocycles. The zero-order valence-electron chi connectivity index (χ0n) is 23.5. The minimum absolute atomic E-state index is 0.0480. The average Bonchev–Trinajstić information content (AvgIpc) is 3.30. The van der Waals surface area contributed by atoms with Gasteiger partial charge in [0.1, 0.15) is 12.4 Å². The number of carbonyl (C=O) groups is 2. The number of anilines is 1. The predicted octanol–water partition coefficient (Wildman–Crippen LogP) is 8.13. The molecule has 0 aliphatic rings. The van der Waals surface area contributed by atoms with E-state index in [0.29, 0.717) is 41.4 Å². The van der Waals surface area contributed by atoms with Crippen molar-refractivity contribution in [1.82, 2.24) is 14.7 Å². The molecule has 6 nitrogen and oxygen atoms in total. The highest BCUT2D eigenvalue weighted by Crippen LogP contribution is 2.37. The number of hydrogen-bond donors (Lipinski definition) is 1. The minimum atomic E-state index is -5.12. The normalized spacial score (nSPS) is 12.4.